The first-order valence-corrected chi connectivity index (χ1v) is 6.89. The molecule has 0 bridgehead atoms. The zero-order valence-corrected chi connectivity index (χ0v) is 11.6. The van der Waals surface area contributed by atoms with E-state index in [1.165, 1.54) is 48.1 Å². The van der Waals surface area contributed by atoms with E-state index in [-0.39, 0.29) is 0 Å². The lowest BCUT2D eigenvalue weighted by Gasteiger charge is -2.28. The normalized spacial score (nSPS) is 17.9. The molecule has 0 amide bonds. The van der Waals surface area contributed by atoms with Crippen molar-refractivity contribution in [3.8, 4) is 0 Å². The number of hydrogen-bond acceptors (Lipinski definition) is 1. The van der Waals surface area contributed by atoms with E-state index in [9.17, 15) is 0 Å². The highest BCUT2D eigenvalue weighted by atomic mass is 14.9. The standard InChI is InChI=1S/C16H25N/c1-11-8-12(2)16(13(3)9-11)14(4)17-10-15-6-5-7-15/h8-9,14-15,17H,5-7,10H2,1-4H3. The molecule has 1 aliphatic carbocycles. The third-order valence-corrected chi connectivity index (χ3v) is 4.11. The third-order valence-electron chi connectivity index (χ3n) is 4.11. The van der Waals surface area contributed by atoms with Gasteiger partial charge in [0.25, 0.3) is 0 Å². The Hall–Kier alpha value is -0.820. The summed E-state index contributed by atoms with van der Waals surface area (Å²) < 4.78 is 0. The van der Waals surface area contributed by atoms with Crippen molar-refractivity contribution in [2.24, 2.45) is 5.92 Å². The highest BCUT2D eigenvalue weighted by Crippen LogP contribution is 2.27. The lowest BCUT2D eigenvalue weighted by atomic mass is 9.85. The van der Waals surface area contributed by atoms with Gasteiger partial charge in [-0.25, -0.2) is 0 Å². The monoisotopic (exact) mass is 231 g/mol. The van der Waals surface area contributed by atoms with Crippen LogP contribution in [0.2, 0.25) is 0 Å². The lowest BCUT2D eigenvalue weighted by molar-refractivity contribution is 0.292. The molecule has 1 aromatic rings. The second kappa shape index (κ2) is 5.22. The summed E-state index contributed by atoms with van der Waals surface area (Å²) in [6.45, 7) is 10.1. The molecule has 2 rings (SSSR count). The number of hydrogen-bond donors (Lipinski definition) is 1. The van der Waals surface area contributed by atoms with E-state index in [0.29, 0.717) is 6.04 Å². The van der Waals surface area contributed by atoms with E-state index in [0.717, 1.165) is 5.92 Å². The Morgan fingerprint density at radius 3 is 2.24 bits per heavy atom. The Bertz CT molecular complexity index is 368. The lowest BCUT2D eigenvalue weighted by Crippen LogP contribution is -2.30. The maximum Gasteiger partial charge on any atom is 0.0297 e. The molecule has 0 aromatic heterocycles. The zero-order chi connectivity index (χ0) is 12.4. The predicted molar refractivity (Wildman–Crippen MR) is 74.4 cm³/mol. The highest BCUT2D eigenvalue weighted by Gasteiger charge is 2.19. The molecule has 0 heterocycles. The van der Waals surface area contributed by atoms with Crippen LogP contribution in [0.1, 0.15) is 54.5 Å². The van der Waals surface area contributed by atoms with Crippen LogP contribution in [-0.2, 0) is 0 Å². The van der Waals surface area contributed by atoms with Gasteiger partial charge in [-0.15, -0.1) is 0 Å². The molecular weight excluding hydrogens is 206 g/mol. The van der Waals surface area contributed by atoms with Crippen molar-refractivity contribution in [2.75, 3.05) is 6.54 Å². The van der Waals surface area contributed by atoms with Crippen LogP contribution in [-0.4, -0.2) is 6.54 Å². The van der Waals surface area contributed by atoms with Crippen LogP contribution in [0.15, 0.2) is 12.1 Å². The molecule has 1 N–H and O–H groups in total. The number of benzene rings is 1. The summed E-state index contributed by atoms with van der Waals surface area (Å²) in [6, 6.07) is 5.07. The number of rotatable bonds is 4. The Morgan fingerprint density at radius 2 is 1.76 bits per heavy atom. The van der Waals surface area contributed by atoms with Crippen molar-refractivity contribution in [3.63, 3.8) is 0 Å². The summed E-state index contributed by atoms with van der Waals surface area (Å²) in [5.41, 5.74) is 5.72. The summed E-state index contributed by atoms with van der Waals surface area (Å²) in [5.74, 6) is 0.934. The fraction of sp³-hybridized carbons (Fsp3) is 0.625. The van der Waals surface area contributed by atoms with Crippen molar-refractivity contribution in [2.45, 2.75) is 53.0 Å². The van der Waals surface area contributed by atoms with Gasteiger partial charge in [-0.05, 0) is 69.7 Å². The molecule has 1 aliphatic rings. The van der Waals surface area contributed by atoms with Gasteiger partial charge in [0.15, 0.2) is 0 Å². The minimum atomic E-state index is 0.483. The van der Waals surface area contributed by atoms with Crippen LogP contribution in [0.4, 0.5) is 0 Å². The molecule has 1 saturated carbocycles. The van der Waals surface area contributed by atoms with Gasteiger partial charge in [-0.3, -0.25) is 0 Å². The Morgan fingerprint density at radius 1 is 1.18 bits per heavy atom. The third kappa shape index (κ3) is 2.90. The minimum Gasteiger partial charge on any atom is -0.310 e. The van der Waals surface area contributed by atoms with Crippen molar-refractivity contribution in [1.29, 1.82) is 0 Å². The fourth-order valence-corrected chi connectivity index (χ4v) is 3.02. The van der Waals surface area contributed by atoms with Crippen molar-refractivity contribution >= 4 is 0 Å². The van der Waals surface area contributed by atoms with E-state index in [2.05, 4.69) is 45.1 Å². The molecule has 0 radical (unpaired) electrons. The van der Waals surface area contributed by atoms with Gasteiger partial charge in [0.05, 0.1) is 0 Å². The van der Waals surface area contributed by atoms with Crippen LogP contribution in [0.3, 0.4) is 0 Å². The Kier molecular flexibility index (Phi) is 3.88. The summed E-state index contributed by atoms with van der Waals surface area (Å²) in [4.78, 5) is 0. The van der Waals surface area contributed by atoms with E-state index in [4.69, 9.17) is 0 Å². The topological polar surface area (TPSA) is 12.0 Å². The highest BCUT2D eigenvalue weighted by molar-refractivity contribution is 5.39. The summed E-state index contributed by atoms with van der Waals surface area (Å²) in [7, 11) is 0. The molecule has 1 nitrogen and oxygen atoms in total. The van der Waals surface area contributed by atoms with Crippen LogP contribution in [0.5, 0.6) is 0 Å². The molecule has 1 fully saturated rings. The van der Waals surface area contributed by atoms with E-state index < -0.39 is 0 Å². The molecule has 0 spiro atoms. The SMILES string of the molecule is Cc1cc(C)c(C(C)NCC2CCC2)c(C)c1. The average molecular weight is 231 g/mol. The first kappa shape index (κ1) is 12.6. The zero-order valence-electron chi connectivity index (χ0n) is 11.6. The maximum absolute atomic E-state index is 3.70. The van der Waals surface area contributed by atoms with E-state index in [1.807, 2.05) is 0 Å². The second-order valence-electron chi connectivity index (χ2n) is 5.74. The molecule has 1 heteroatoms. The first-order chi connectivity index (χ1) is 8.08. The molecule has 1 unspecified atom stereocenters. The number of aryl methyl sites for hydroxylation is 3. The van der Waals surface area contributed by atoms with Crippen LogP contribution in [0.25, 0.3) is 0 Å². The average Bonchev–Trinajstić information content (AvgIpc) is 2.13. The molecule has 0 saturated heterocycles. The summed E-state index contributed by atoms with van der Waals surface area (Å²) >= 11 is 0. The fourth-order valence-electron chi connectivity index (χ4n) is 3.02. The largest absolute Gasteiger partial charge is 0.310 e. The first-order valence-electron chi connectivity index (χ1n) is 6.89. The van der Waals surface area contributed by atoms with Gasteiger partial charge >= 0.3 is 0 Å². The molecule has 1 atom stereocenters. The Labute approximate surface area is 106 Å². The van der Waals surface area contributed by atoms with Crippen molar-refractivity contribution < 1.29 is 0 Å². The second-order valence-corrected chi connectivity index (χ2v) is 5.74. The van der Waals surface area contributed by atoms with E-state index >= 15 is 0 Å². The van der Waals surface area contributed by atoms with Crippen LogP contribution >= 0.6 is 0 Å². The van der Waals surface area contributed by atoms with Gasteiger partial charge in [-0.2, -0.15) is 0 Å². The molecular formula is C16H25N. The molecule has 1 aromatic carbocycles. The van der Waals surface area contributed by atoms with E-state index in [1.54, 1.807) is 0 Å². The van der Waals surface area contributed by atoms with Gasteiger partial charge in [0.2, 0.25) is 0 Å². The van der Waals surface area contributed by atoms with Gasteiger partial charge in [-0.1, -0.05) is 24.1 Å². The van der Waals surface area contributed by atoms with Crippen molar-refractivity contribution in [3.05, 3.63) is 34.4 Å². The summed E-state index contributed by atoms with van der Waals surface area (Å²) in [5, 5.41) is 3.70. The Balaban J connectivity index is 2.04. The molecule has 94 valence electrons. The smallest absolute Gasteiger partial charge is 0.0297 e. The quantitative estimate of drug-likeness (QED) is 0.824. The van der Waals surface area contributed by atoms with Crippen LogP contribution < -0.4 is 5.32 Å². The van der Waals surface area contributed by atoms with Gasteiger partial charge in [0.1, 0.15) is 0 Å². The predicted octanol–water partition coefficient (Wildman–Crippen LogP) is 4.06. The summed E-state index contributed by atoms with van der Waals surface area (Å²) in [6.07, 6.45) is 4.28. The number of nitrogens with one attached hydrogen (secondary N) is 1. The van der Waals surface area contributed by atoms with Gasteiger partial charge in [0, 0.05) is 6.04 Å². The van der Waals surface area contributed by atoms with Crippen LogP contribution in [0, 0.1) is 26.7 Å². The van der Waals surface area contributed by atoms with Gasteiger partial charge < -0.3 is 5.32 Å². The molecule has 17 heavy (non-hydrogen) atoms. The minimum absolute atomic E-state index is 0.483. The van der Waals surface area contributed by atoms with Crippen molar-refractivity contribution in [1.82, 2.24) is 5.32 Å². The molecule has 0 aliphatic heterocycles. The maximum atomic E-state index is 3.70.